The molecular formula is C14H22N4O3S. The van der Waals surface area contributed by atoms with Gasteiger partial charge in [0, 0.05) is 12.5 Å². The molecule has 0 saturated heterocycles. The van der Waals surface area contributed by atoms with Gasteiger partial charge in [0.1, 0.15) is 5.56 Å². The summed E-state index contributed by atoms with van der Waals surface area (Å²) in [4.78, 5) is 25.8. The maximum atomic E-state index is 11.9. The Morgan fingerprint density at radius 2 is 2.23 bits per heavy atom. The zero-order valence-corrected chi connectivity index (χ0v) is 13.9. The third-order valence-electron chi connectivity index (χ3n) is 3.32. The number of H-pyrrole nitrogens is 1. The number of nitrogens with zero attached hydrogens (tertiary/aromatic N) is 2. The van der Waals surface area contributed by atoms with Crippen LogP contribution in [0.15, 0.2) is 9.90 Å². The van der Waals surface area contributed by atoms with Gasteiger partial charge in [0.05, 0.1) is 6.21 Å². The molecule has 0 spiro atoms. The molecule has 0 aliphatic rings. The second-order valence-electron chi connectivity index (χ2n) is 5.02. The van der Waals surface area contributed by atoms with E-state index in [9.17, 15) is 14.7 Å². The third-order valence-corrected chi connectivity index (χ3v) is 3.62. The lowest BCUT2D eigenvalue weighted by Gasteiger charge is -2.16. The summed E-state index contributed by atoms with van der Waals surface area (Å²) in [5, 5.41) is 14.0. The van der Waals surface area contributed by atoms with Gasteiger partial charge in [0.15, 0.2) is 4.77 Å². The van der Waals surface area contributed by atoms with Gasteiger partial charge < -0.3 is 5.11 Å². The predicted molar refractivity (Wildman–Crippen MR) is 87.8 cm³/mol. The van der Waals surface area contributed by atoms with Crippen LogP contribution in [0.1, 0.15) is 58.1 Å². The van der Waals surface area contributed by atoms with E-state index in [-0.39, 0.29) is 28.2 Å². The second-order valence-corrected chi connectivity index (χ2v) is 5.41. The molecule has 0 fully saturated rings. The number of nitrogens with one attached hydrogen (secondary N) is 2. The number of hydrogen-bond acceptors (Lipinski definition) is 5. The van der Waals surface area contributed by atoms with Crippen molar-refractivity contribution in [2.24, 2.45) is 5.10 Å². The fourth-order valence-corrected chi connectivity index (χ4v) is 2.18. The monoisotopic (exact) mass is 326 g/mol. The summed E-state index contributed by atoms with van der Waals surface area (Å²) >= 11 is 5.06. The number of amides is 1. The van der Waals surface area contributed by atoms with E-state index in [0.29, 0.717) is 6.42 Å². The summed E-state index contributed by atoms with van der Waals surface area (Å²) in [6.45, 7) is 5.80. The van der Waals surface area contributed by atoms with E-state index in [0.717, 1.165) is 25.5 Å². The van der Waals surface area contributed by atoms with Crippen LogP contribution in [0.25, 0.3) is 0 Å². The van der Waals surface area contributed by atoms with Crippen molar-refractivity contribution in [3.63, 3.8) is 0 Å². The quantitative estimate of drug-likeness (QED) is 0.406. The first kappa shape index (κ1) is 18.1. The molecule has 1 aromatic heterocycles. The highest BCUT2D eigenvalue weighted by atomic mass is 32.1. The maximum Gasteiger partial charge on any atom is 0.264 e. The normalized spacial score (nSPS) is 12.5. The van der Waals surface area contributed by atoms with Crippen LogP contribution in [0.2, 0.25) is 0 Å². The molecular weight excluding hydrogens is 304 g/mol. The number of hydrogen-bond donors (Lipinski definition) is 3. The van der Waals surface area contributed by atoms with Crippen molar-refractivity contribution in [1.82, 2.24) is 15.0 Å². The van der Waals surface area contributed by atoms with Crippen molar-refractivity contribution >= 4 is 24.3 Å². The van der Waals surface area contributed by atoms with Crippen LogP contribution < -0.4 is 11.0 Å². The molecule has 1 heterocycles. The summed E-state index contributed by atoms with van der Waals surface area (Å²) in [6.07, 6.45) is 3.91. The van der Waals surface area contributed by atoms with Crippen LogP contribution in [-0.2, 0) is 4.79 Å². The predicted octanol–water partition coefficient (Wildman–Crippen LogP) is 2.22. The standard InChI is InChI=1S/C14H22N4O3S/c1-4-6-7-11(19)17-15-8-10-12(20)16-14(22)18(13(10)21)9(3)5-2/h8-9,21H,4-7H2,1-3H3,(H,17,19)(H,16,20,22). The van der Waals surface area contributed by atoms with Crippen molar-refractivity contribution < 1.29 is 9.90 Å². The molecule has 22 heavy (non-hydrogen) atoms. The maximum absolute atomic E-state index is 11.9. The van der Waals surface area contributed by atoms with E-state index in [1.807, 2.05) is 20.8 Å². The lowest BCUT2D eigenvalue weighted by molar-refractivity contribution is -0.121. The van der Waals surface area contributed by atoms with Gasteiger partial charge >= 0.3 is 0 Å². The van der Waals surface area contributed by atoms with Crippen LogP contribution >= 0.6 is 12.2 Å². The van der Waals surface area contributed by atoms with Crippen LogP contribution in [0.4, 0.5) is 0 Å². The summed E-state index contributed by atoms with van der Waals surface area (Å²) < 4.78 is 1.61. The SMILES string of the molecule is CCCCC(=O)NN=Cc1c(O)n(C(C)CC)c(=S)[nH]c1=O. The fraction of sp³-hybridized carbons (Fsp3) is 0.571. The van der Waals surface area contributed by atoms with Crippen LogP contribution in [-0.4, -0.2) is 26.8 Å². The molecule has 0 aliphatic heterocycles. The van der Waals surface area contributed by atoms with E-state index in [2.05, 4.69) is 15.5 Å². The van der Waals surface area contributed by atoms with Gasteiger partial charge in [-0.3, -0.25) is 19.1 Å². The van der Waals surface area contributed by atoms with Gasteiger partial charge in [0.25, 0.3) is 5.56 Å². The van der Waals surface area contributed by atoms with Crippen molar-refractivity contribution in [2.75, 3.05) is 0 Å². The Balaban J connectivity index is 3.03. The second kappa shape index (κ2) is 8.47. The van der Waals surface area contributed by atoms with E-state index in [1.54, 1.807) is 0 Å². The lowest BCUT2D eigenvalue weighted by Crippen LogP contribution is -2.22. The molecule has 3 N–H and O–H groups in total. The first-order chi connectivity index (χ1) is 10.4. The van der Waals surface area contributed by atoms with E-state index in [4.69, 9.17) is 12.2 Å². The number of aromatic amines is 1. The van der Waals surface area contributed by atoms with Crippen molar-refractivity contribution in [3.05, 3.63) is 20.7 Å². The van der Waals surface area contributed by atoms with Gasteiger partial charge in [-0.25, -0.2) is 5.43 Å². The van der Waals surface area contributed by atoms with Gasteiger partial charge in [-0.1, -0.05) is 20.3 Å². The zero-order valence-electron chi connectivity index (χ0n) is 13.0. The lowest BCUT2D eigenvalue weighted by atomic mass is 10.2. The molecule has 1 rings (SSSR count). The van der Waals surface area contributed by atoms with E-state index >= 15 is 0 Å². The third kappa shape index (κ3) is 4.52. The summed E-state index contributed by atoms with van der Waals surface area (Å²) in [7, 11) is 0. The molecule has 0 aromatic carbocycles. The summed E-state index contributed by atoms with van der Waals surface area (Å²) in [5.74, 6) is -0.488. The average molecular weight is 326 g/mol. The molecule has 7 nitrogen and oxygen atoms in total. The minimum absolute atomic E-state index is 0.0373. The number of unbranched alkanes of at least 4 members (excludes halogenated alkanes) is 1. The molecule has 0 saturated carbocycles. The van der Waals surface area contributed by atoms with Crippen molar-refractivity contribution in [1.29, 1.82) is 0 Å². The highest BCUT2D eigenvalue weighted by molar-refractivity contribution is 7.71. The molecule has 8 heteroatoms. The van der Waals surface area contributed by atoms with Crippen LogP contribution in [0, 0.1) is 4.77 Å². The van der Waals surface area contributed by atoms with E-state index < -0.39 is 5.56 Å². The summed E-state index contributed by atoms with van der Waals surface area (Å²) in [5.41, 5.74) is 1.74. The molecule has 0 bridgehead atoms. The average Bonchev–Trinajstić information content (AvgIpc) is 2.47. The zero-order chi connectivity index (χ0) is 16.7. The van der Waals surface area contributed by atoms with Crippen LogP contribution in [0.5, 0.6) is 5.88 Å². The van der Waals surface area contributed by atoms with Crippen molar-refractivity contribution in [2.45, 2.75) is 52.5 Å². The Bertz CT molecular complexity index is 663. The largest absolute Gasteiger partial charge is 0.494 e. The minimum Gasteiger partial charge on any atom is -0.494 e. The number of rotatable bonds is 7. The number of carbonyl (C=O) groups excluding carboxylic acids is 1. The highest BCUT2D eigenvalue weighted by Crippen LogP contribution is 2.19. The molecule has 0 aliphatic carbocycles. The topological polar surface area (TPSA) is 99.5 Å². The Kier molecular flexibility index (Phi) is 6.97. The molecule has 122 valence electrons. The fourth-order valence-electron chi connectivity index (χ4n) is 1.82. The van der Waals surface area contributed by atoms with Gasteiger partial charge in [-0.15, -0.1) is 0 Å². The van der Waals surface area contributed by atoms with Crippen molar-refractivity contribution in [3.8, 4) is 5.88 Å². The Hall–Kier alpha value is -1.96. The van der Waals surface area contributed by atoms with E-state index in [1.165, 1.54) is 4.57 Å². The van der Waals surface area contributed by atoms with Crippen LogP contribution in [0.3, 0.4) is 0 Å². The molecule has 0 radical (unpaired) electrons. The Labute approximate surface area is 134 Å². The number of hydrazone groups is 1. The number of aromatic hydroxyl groups is 1. The van der Waals surface area contributed by atoms with Gasteiger partial charge in [-0.2, -0.15) is 5.10 Å². The number of aromatic nitrogens is 2. The Morgan fingerprint density at radius 1 is 1.55 bits per heavy atom. The highest BCUT2D eigenvalue weighted by Gasteiger charge is 2.14. The molecule has 1 aromatic rings. The summed E-state index contributed by atoms with van der Waals surface area (Å²) in [6, 6.07) is -0.0735. The Morgan fingerprint density at radius 3 is 2.82 bits per heavy atom. The first-order valence-corrected chi connectivity index (χ1v) is 7.72. The molecule has 1 unspecified atom stereocenters. The van der Waals surface area contributed by atoms with Gasteiger partial charge in [-0.05, 0) is 32.0 Å². The minimum atomic E-state index is -0.548. The number of carbonyl (C=O) groups is 1. The van der Waals surface area contributed by atoms with Gasteiger partial charge in [0.2, 0.25) is 11.8 Å². The molecule has 1 atom stereocenters. The molecule has 1 amide bonds. The smallest absolute Gasteiger partial charge is 0.264 e. The first-order valence-electron chi connectivity index (χ1n) is 7.32.